The first-order valence-electron chi connectivity index (χ1n) is 5.41. The maximum Gasteiger partial charge on any atom is 0.289 e. The van der Waals surface area contributed by atoms with Gasteiger partial charge in [-0.25, -0.2) is 9.55 Å². The molecule has 2 heterocycles. The molecular formula is C13H12N3S+. The highest BCUT2D eigenvalue weighted by atomic mass is 32.1. The SMILES string of the molecule is Cc1ccccc1-c1c2scnc2nc[n+]1C. The summed E-state index contributed by atoms with van der Waals surface area (Å²) in [5.41, 5.74) is 6.37. The van der Waals surface area contributed by atoms with E-state index in [1.807, 2.05) is 18.9 Å². The second kappa shape index (κ2) is 3.89. The molecule has 1 aromatic carbocycles. The Morgan fingerprint density at radius 1 is 1.18 bits per heavy atom. The van der Waals surface area contributed by atoms with Gasteiger partial charge in [-0.2, -0.15) is 0 Å². The Morgan fingerprint density at radius 2 is 2.00 bits per heavy atom. The van der Waals surface area contributed by atoms with Gasteiger partial charge in [-0.3, -0.25) is 0 Å². The van der Waals surface area contributed by atoms with E-state index < -0.39 is 0 Å². The fourth-order valence-electron chi connectivity index (χ4n) is 2.00. The summed E-state index contributed by atoms with van der Waals surface area (Å²) in [6.45, 7) is 2.13. The van der Waals surface area contributed by atoms with E-state index in [0.717, 1.165) is 10.3 Å². The molecule has 0 aliphatic heterocycles. The van der Waals surface area contributed by atoms with Crippen LogP contribution in [-0.2, 0) is 7.05 Å². The van der Waals surface area contributed by atoms with Crippen molar-refractivity contribution in [1.82, 2.24) is 9.97 Å². The maximum atomic E-state index is 4.32. The quantitative estimate of drug-likeness (QED) is 0.614. The van der Waals surface area contributed by atoms with Crippen LogP contribution in [-0.4, -0.2) is 9.97 Å². The standard InChI is InChI=1S/C13H12N3S/c1-9-5-3-4-6-10(9)11-12-13(15-8-17-12)14-7-16(11)2/h3-8H,1-2H3/q+1. The Labute approximate surface area is 103 Å². The molecule has 17 heavy (non-hydrogen) atoms. The van der Waals surface area contributed by atoms with Crippen molar-refractivity contribution in [1.29, 1.82) is 0 Å². The number of hydrogen-bond donors (Lipinski definition) is 0. The fourth-order valence-corrected chi connectivity index (χ4v) is 2.84. The predicted molar refractivity (Wildman–Crippen MR) is 68.8 cm³/mol. The Kier molecular flexibility index (Phi) is 2.37. The van der Waals surface area contributed by atoms with Crippen molar-refractivity contribution in [3.63, 3.8) is 0 Å². The zero-order valence-corrected chi connectivity index (χ0v) is 10.5. The van der Waals surface area contributed by atoms with Crippen molar-refractivity contribution >= 4 is 21.7 Å². The Bertz CT molecular complexity index is 688. The second-order valence-corrected chi connectivity index (χ2v) is 4.88. The van der Waals surface area contributed by atoms with Crippen LogP contribution in [0.5, 0.6) is 0 Å². The Hall–Kier alpha value is -1.81. The molecule has 0 bridgehead atoms. The first-order valence-corrected chi connectivity index (χ1v) is 6.29. The number of thiazole rings is 1. The van der Waals surface area contributed by atoms with E-state index in [2.05, 4.69) is 45.7 Å². The molecule has 0 aliphatic rings. The molecule has 0 atom stereocenters. The van der Waals surface area contributed by atoms with Gasteiger partial charge >= 0.3 is 0 Å². The first kappa shape index (κ1) is 10.4. The lowest BCUT2D eigenvalue weighted by Gasteiger charge is -2.05. The third-order valence-electron chi connectivity index (χ3n) is 2.87. The van der Waals surface area contributed by atoms with E-state index in [-0.39, 0.29) is 0 Å². The number of benzene rings is 1. The molecule has 0 unspecified atom stereocenters. The smallest absolute Gasteiger partial charge is 0.231 e. The van der Waals surface area contributed by atoms with Crippen molar-refractivity contribution < 1.29 is 4.57 Å². The minimum absolute atomic E-state index is 0.825. The van der Waals surface area contributed by atoms with Crippen LogP contribution < -0.4 is 4.57 Å². The van der Waals surface area contributed by atoms with Gasteiger partial charge in [-0.15, -0.1) is 11.3 Å². The van der Waals surface area contributed by atoms with Crippen LogP contribution >= 0.6 is 11.3 Å². The van der Waals surface area contributed by atoms with Crippen LogP contribution in [0.15, 0.2) is 36.1 Å². The summed E-state index contributed by atoms with van der Waals surface area (Å²) in [6.07, 6.45) is 1.82. The average molecular weight is 242 g/mol. The van der Waals surface area contributed by atoms with Gasteiger partial charge < -0.3 is 0 Å². The molecule has 84 valence electrons. The van der Waals surface area contributed by atoms with Gasteiger partial charge in [0, 0.05) is 5.56 Å². The van der Waals surface area contributed by atoms with Crippen molar-refractivity contribution in [2.45, 2.75) is 6.92 Å². The lowest BCUT2D eigenvalue weighted by molar-refractivity contribution is -0.662. The van der Waals surface area contributed by atoms with Crippen molar-refractivity contribution in [3.8, 4) is 11.3 Å². The van der Waals surface area contributed by atoms with E-state index in [1.54, 1.807) is 11.3 Å². The lowest BCUT2D eigenvalue weighted by atomic mass is 10.1. The molecule has 3 aromatic rings. The molecule has 0 radical (unpaired) electrons. The highest BCUT2D eigenvalue weighted by Gasteiger charge is 2.17. The minimum Gasteiger partial charge on any atom is -0.231 e. The maximum absolute atomic E-state index is 4.32. The molecule has 3 rings (SSSR count). The second-order valence-electron chi connectivity index (χ2n) is 4.02. The molecule has 0 N–H and O–H groups in total. The summed E-state index contributed by atoms with van der Waals surface area (Å²) >= 11 is 1.64. The van der Waals surface area contributed by atoms with Crippen LogP contribution in [0.25, 0.3) is 21.6 Å². The summed E-state index contributed by atoms with van der Waals surface area (Å²) in [7, 11) is 2.02. The van der Waals surface area contributed by atoms with Crippen LogP contribution in [0, 0.1) is 6.92 Å². The highest BCUT2D eigenvalue weighted by Crippen LogP contribution is 2.28. The van der Waals surface area contributed by atoms with E-state index >= 15 is 0 Å². The van der Waals surface area contributed by atoms with Crippen LogP contribution in [0.1, 0.15) is 5.56 Å². The average Bonchev–Trinajstić information content (AvgIpc) is 2.79. The zero-order valence-electron chi connectivity index (χ0n) is 9.71. The van der Waals surface area contributed by atoms with E-state index in [1.165, 1.54) is 16.8 Å². The molecular weight excluding hydrogens is 230 g/mol. The van der Waals surface area contributed by atoms with Gasteiger partial charge in [0.05, 0.1) is 12.6 Å². The number of hydrogen-bond acceptors (Lipinski definition) is 3. The van der Waals surface area contributed by atoms with Crippen molar-refractivity contribution in [3.05, 3.63) is 41.7 Å². The van der Waals surface area contributed by atoms with Crippen molar-refractivity contribution in [2.24, 2.45) is 7.05 Å². The predicted octanol–water partition coefficient (Wildman–Crippen LogP) is 2.49. The van der Waals surface area contributed by atoms with Crippen LogP contribution in [0.3, 0.4) is 0 Å². The summed E-state index contributed by atoms with van der Waals surface area (Å²) in [5.74, 6) is 0. The fraction of sp³-hybridized carbons (Fsp3) is 0.154. The monoisotopic (exact) mass is 242 g/mol. The normalized spacial score (nSPS) is 10.9. The Morgan fingerprint density at radius 3 is 2.82 bits per heavy atom. The largest absolute Gasteiger partial charge is 0.289 e. The number of aryl methyl sites for hydroxylation is 2. The van der Waals surface area contributed by atoms with Gasteiger partial charge in [0.15, 0.2) is 5.69 Å². The van der Waals surface area contributed by atoms with Gasteiger partial charge in [0.25, 0.3) is 12.0 Å². The summed E-state index contributed by atoms with van der Waals surface area (Å²) in [6, 6.07) is 8.39. The molecule has 2 aromatic heterocycles. The molecule has 0 spiro atoms. The van der Waals surface area contributed by atoms with Crippen molar-refractivity contribution in [2.75, 3.05) is 0 Å². The molecule has 0 amide bonds. The number of nitrogens with zero attached hydrogens (tertiary/aromatic N) is 3. The number of aromatic nitrogens is 3. The molecule has 0 saturated carbocycles. The van der Waals surface area contributed by atoms with E-state index in [0.29, 0.717) is 0 Å². The minimum atomic E-state index is 0.825. The summed E-state index contributed by atoms with van der Waals surface area (Å²) < 4.78 is 3.20. The van der Waals surface area contributed by atoms with E-state index in [4.69, 9.17) is 0 Å². The third kappa shape index (κ3) is 1.61. The summed E-state index contributed by atoms with van der Waals surface area (Å²) in [5, 5.41) is 0. The van der Waals surface area contributed by atoms with Gasteiger partial charge in [0.2, 0.25) is 0 Å². The first-order chi connectivity index (χ1) is 8.27. The highest BCUT2D eigenvalue weighted by molar-refractivity contribution is 7.17. The van der Waals surface area contributed by atoms with Crippen LogP contribution in [0.2, 0.25) is 0 Å². The van der Waals surface area contributed by atoms with E-state index in [9.17, 15) is 0 Å². The number of fused-ring (bicyclic) bond motifs is 1. The topological polar surface area (TPSA) is 29.7 Å². The zero-order chi connectivity index (χ0) is 11.8. The van der Waals surface area contributed by atoms with Gasteiger partial charge in [-0.1, -0.05) is 24.3 Å². The lowest BCUT2D eigenvalue weighted by Crippen LogP contribution is -2.31. The molecule has 4 heteroatoms. The molecule has 0 fully saturated rings. The third-order valence-corrected chi connectivity index (χ3v) is 3.69. The number of rotatable bonds is 1. The molecule has 0 aliphatic carbocycles. The Balaban J connectivity index is 2.40. The molecule has 3 nitrogen and oxygen atoms in total. The summed E-state index contributed by atoms with van der Waals surface area (Å²) in [4.78, 5) is 8.59. The van der Waals surface area contributed by atoms with Gasteiger partial charge in [0.1, 0.15) is 4.70 Å². The van der Waals surface area contributed by atoms with Gasteiger partial charge in [-0.05, 0) is 17.5 Å². The van der Waals surface area contributed by atoms with Crippen LogP contribution in [0.4, 0.5) is 0 Å². The molecule has 0 saturated heterocycles.